The standard InChI is InChI=1S/C32H36N2O4/c1-33(2)27-15-13-25(14-16-27)24-10-7-22(8-11-24)20-34(32(36)30-18-23-9-12-26(30)17-23)28-5-4-6-29(19-28)38-21-31(35)37-3/h4-8,10-11,13-16,19,23,26,30H,9,12,17-18,20-21H2,1-3H3/t23?,26?,30-/m1/s1. The lowest BCUT2D eigenvalue weighted by Crippen LogP contribution is -2.38. The fraction of sp³-hybridized carbons (Fsp3) is 0.375. The molecule has 1 amide bonds. The van der Waals surface area contributed by atoms with Gasteiger partial charge in [-0.2, -0.15) is 0 Å². The Balaban J connectivity index is 1.37. The topological polar surface area (TPSA) is 59.1 Å². The lowest BCUT2D eigenvalue weighted by molar-refractivity contribution is -0.142. The Morgan fingerprint density at radius 2 is 1.58 bits per heavy atom. The highest BCUT2D eigenvalue weighted by molar-refractivity contribution is 5.95. The van der Waals surface area contributed by atoms with Crippen LogP contribution in [0.4, 0.5) is 11.4 Å². The summed E-state index contributed by atoms with van der Waals surface area (Å²) in [6, 6.07) is 24.4. The molecule has 2 saturated carbocycles. The predicted molar refractivity (Wildman–Crippen MR) is 150 cm³/mol. The van der Waals surface area contributed by atoms with E-state index >= 15 is 0 Å². The summed E-state index contributed by atoms with van der Waals surface area (Å²) in [5, 5.41) is 0. The van der Waals surface area contributed by atoms with E-state index in [4.69, 9.17) is 4.74 Å². The van der Waals surface area contributed by atoms with Crippen molar-refractivity contribution >= 4 is 23.3 Å². The Hall–Kier alpha value is -3.80. The summed E-state index contributed by atoms with van der Waals surface area (Å²) in [7, 11) is 5.41. The first-order valence-corrected chi connectivity index (χ1v) is 13.4. The van der Waals surface area contributed by atoms with Crippen LogP contribution >= 0.6 is 0 Å². The number of amides is 1. The van der Waals surface area contributed by atoms with Gasteiger partial charge in [0.05, 0.1) is 13.7 Å². The van der Waals surface area contributed by atoms with E-state index in [1.54, 1.807) is 6.07 Å². The lowest BCUT2D eigenvalue weighted by Gasteiger charge is -2.30. The summed E-state index contributed by atoms with van der Waals surface area (Å²) in [5.74, 6) is 1.52. The van der Waals surface area contributed by atoms with Crippen LogP contribution in [0.5, 0.6) is 5.75 Å². The number of ether oxygens (including phenoxy) is 2. The number of methoxy groups -OCH3 is 1. The SMILES string of the molecule is COC(=O)COc1cccc(N(Cc2ccc(-c3ccc(N(C)C)cc3)cc2)C(=O)[C@@H]2CC3CCC2C3)c1. The van der Waals surface area contributed by atoms with Crippen LogP contribution in [0.2, 0.25) is 0 Å². The van der Waals surface area contributed by atoms with Crippen LogP contribution < -0.4 is 14.5 Å². The van der Waals surface area contributed by atoms with Gasteiger partial charge in [-0.05, 0) is 72.1 Å². The largest absolute Gasteiger partial charge is 0.482 e. The van der Waals surface area contributed by atoms with Crippen LogP contribution in [0.1, 0.15) is 31.2 Å². The number of benzene rings is 3. The summed E-state index contributed by atoms with van der Waals surface area (Å²) in [6.45, 7) is 0.310. The molecule has 0 aliphatic heterocycles. The zero-order chi connectivity index (χ0) is 26.6. The number of anilines is 2. The van der Waals surface area contributed by atoms with Crippen molar-refractivity contribution in [2.75, 3.05) is 37.6 Å². The average molecular weight is 513 g/mol. The summed E-state index contributed by atoms with van der Waals surface area (Å²) in [6.07, 6.45) is 4.56. The maximum Gasteiger partial charge on any atom is 0.343 e. The van der Waals surface area contributed by atoms with Gasteiger partial charge < -0.3 is 19.3 Å². The van der Waals surface area contributed by atoms with Crippen molar-refractivity contribution in [2.24, 2.45) is 17.8 Å². The molecule has 6 heteroatoms. The molecule has 198 valence electrons. The minimum absolute atomic E-state index is 0.0721. The Labute approximate surface area is 225 Å². The van der Waals surface area contributed by atoms with Crippen molar-refractivity contribution in [3.63, 3.8) is 0 Å². The molecule has 0 spiro atoms. The van der Waals surface area contributed by atoms with Crippen molar-refractivity contribution in [3.8, 4) is 16.9 Å². The van der Waals surface area contributed by atoms with Crippen LogP contribution in [0, 0.1) is 17.8 Å². The molecule has 2 bridgehead atoms. The normalized spacial score (nSPS) is 19.7. The summed E-state index contributed by atoms with van der Waals surface area (Å²) < 4.78 is 10.3. The summed E-state index contributed by atoms with van der Waals surface area (Å²) >= 11 is 0. The van der Waals surface area contributed by atoms with Gasteiger partial charge in [-0.25, -0.2) is 4.79 Å². The molecule has 2 unspecified atom stereocenters. The first kappa shape index (κ1) is 25.8. The lowest BCUT2D eigenvalue weighted by atomic mass is 9.87. The summed E-state index contributed by atoms with van der Waals surface area (Å²) in [4.78, 5) is 29.5. The van der Waals surface area contributed by atoms with Crippen molar-refractivity contribution in [2.45, 2.75) is 32.2 Å². The van der Waals surface area contributed by atoms with Crippen LogP contribution in [0.25, 0.3) is 11.1 Å². The van der Waals surface area contributed by atoms with Gasteiger partial charge in [-0.3, -0.25) is 4.79 Å². The Bertz CT molecular complexity index is 1270. The summed E-state index contributed by atoms with van der Waals surface area (Å²) in [5.41, 5.74) is 5.31. The molecule has 5 rings (SSSR count). The Morgan fingerprint density at radius 3 is 2.18 bits per heavy atom. The number of nitrogens with zero attached hydrogens (tertiary/aromatic N) is 2. The van der Waals surface area contributed by atoms with Crippen LogP contribution in [0.15, 0.2) is 72.8 Å². The van der Waals surface area contributed by atoms with Gasteiger partial charge in [0.2, 0.25) is 5.91 Å². The van der Waals surface area contributed by atoms with Gasteiger partial charge in [-0.1, -0.05) is 48.9 Å². The molecular weight excluding hydrogens is 476 g/mol. The van der Waals surface area contributed by atoms with Crippen LogP contribution in [-0.2, 0) is 20.9 Å². The molecule has 3 atom stereocenters. The molecule has 0 heterocycles. The molecule has 2 aliphatic rings. The highest BCUT2D eigenvalue weighted by Gasteiger charge is 2.44. The van der Waals surface area contributed by atoms with Crippen molar-refractivity contribution in [1.29, 1.82) is 0 Å². The maximum absolute atomic E-state index is 13.9. The van der Waals surface area contributed by atoms with Gasteiger partial charge in [0.1, 0.15) is 5.75 Å². The minimum Gasteiger partial charge on any atom is -0.482 e. The zero-order valence-corrected chi connectivity index (χ0v) is 22.4. The zero-order valence-electron chi connectivity index (χ0n) is 22.4. The quantitative estimate of drug-likeness (QED) is 0.332. The number of rotatable bonds is 9. The third kappa shape index (κ3) is 5.69. The molecule has 6 nitrogen and oxygen atoms in total. The number of esters is 1. The second kappa shape index (κ2) is 11.3. The monoisotopic (exact) mass is 512 g/mol. The van der Waals surface area contributed by atoms with E-state index in [9.17, 15) is 9.59 Å². The van der Waals surface area contributed by atoms with E-state index < -0.39 is 5.97 Å². The molecule has 0 N–H and O–H groups in total. The number of carbonyl (C=O) groups is 2. The van der Waals surface area contributed by atoms with Gasteiger partial charge in [-0.15, -0.1) is 0 Å². The van der Waals surface area contributed by atoms with Gasteiger partial charge in [0, 0.05) is 37.5 Å². The van der Waals surface area contributed by atoms with E-state index in [0.717, 1.165) is 40.9 Å². The molecule has 0 saturated heterocycles. The molecule has 38 heavy (non-hydrogen) atoms. The Kier molecular flexibility index (Phi) is 7.68. The number of hydrogen-bond donors (Lipinski definition) is 0. The van der Waals surface area contributed by atoms with E-state index in [0.29, 0.717) is 24.1 Å². The number of hydrogen-bond acceptors (Lipinski definition) is 5. The molecule has 2 fully saturated rings. The predicted octanol–water partition coefficient (Wildman–Crippen LogP) is 5.94. The van der Waals surface area contributed by atoms with Gasteiger partial charge in [0.15, 0.2) is 6.61 Å². The maximum atomic E-state index is 13.9. The van der Waals surface area contributed by atoms with Crippen LogP contribution in [-0.4, -0.2) is 39.7 Å². The first-order chi connectivity index (χ1) is 18.4. The molecule has 3 aromatic carbocycles. The molecule has 0 aromatic heterocycles. The smallest absolute Gasteiger partial charge is 0.343 e. The third-order valence-electron chi connectivity index (χ3n) is 8.05. The van der Waals surface area contributed by atoms with Crippen molar-refractivity contribution in [1.82, 2.24) is 0 Å². The van der Waals surface area contributed by atoms with Crippen molar-refractivity contribution in [3.05, 3.63) is 78.4 Å². The number of carbonyl (C=O) groups excluding carboxylic acids is 2. The second-order valence-electron chi connectivity index (χ2n) is 10.7. The second-order valence-corrected chi connectivity index (χ2v) is 10.7. The molecule has 0 radical (unpaired) electrons. The van der Waals surface area contributed by atoms with Crippen LogP contribution in [0.3, 0.4) is 0 Å². The molecular formula is C32H36N2O4. The fourth-order valence-corrected chi connectivity index (χ4v) is 5.92. The van der Waals surface area contributed by atoms with Gasteiger partial charge >= 0.3 is 5.97 Å². The highest BCUT2D eigenvalue weighted by atomic mass is 16.6. The van der Waals surface area contributed by atoms with E-state index in [1.165, 1.54) is 20.0 Å². The highest BCUT2D eigenvalue weighted by Crippen LogP contribution is 2.49. The van der Waals surface area contributed by atoms with Gasteiger partial charge in [0.25, 0.3) is 0 Å². The van der Waals surface area contributed by atoms with E-state index in [-0.39, 0.29) is 18.4 Å². The minimum atomic E-state index is -0.443. The molecule has 3 aromatic rings. The first-order valence-electron chi connectivity index (χ1n) is 13.4. The molecule has 2 aliphatic carbocycles. The third-order valence-corrected chi connectivity index (χ3v) is 8.05. The van der Waals surface area contributed by atoms with E-state index in [2.05, 4.69) is 58.2 Å². The average Bonchev–Trinajstić information content (AvgIpc) is 3.59. The number of fused-ring (bicyclic) bond motifs is 2. The fourth-order valence-electron chi connectivity index (χ4n) is 5.92. The Morgan fingerprint density at radius 1 is 0.868 bits per heavy atom. The van der Waals surface area contributed by atoms with Crippen molar-refractivity contribution < 1.29 is 19.1 Å². The van der Waals surface area contributed by atoms with E-state index in [1.807, 2.05) is 37.2 Å².